The highest BCUT2D eigenvalue weighted by Crippen LogP contribution is 2.27. The predicted octanol–water partition coefficient (Wildman–Crippen LogP) is 3.50. The molecule has 0 atom stereocenters. The van der Waals surface area contributed by atoms with Crippen LogP contribution in [-0.4, -0.2) is 8.42 Å². The zero-order valence-electron chi connectivity index (χ0n) is 11.6. The van der Waals surface area contributed by atoms with E-state index < -0.39 is 10.0 Å². The van der Waals surface area contributed by atoms with Gasteiger partial charge in [-0.3, -0.25) is 4.72 Å². The summed E-state index contributed by atoms with van der Waals surface area (Å²) in [6.45, 7) is 0. The molecule has 1 aliphatic carbocycles. The minimum Gasteiger partial charge on any atom is -0.278 e. The van der Waals surface area contributed by atoms with Gasteiger partial charge in [-0.05, 0) is 60.7 Å². The first-order valence-electron chi connectivity index (χ1n) is 6.84. The molecule has 4 nitrogen and oxygen atoms in total. The molecule has 0 spiro atoms. The van der Waals surface area contributed by atoms with Gasteiger partial charge in [0.25, 0.3) is 10.0 Å². The van der Waals surface area contributed by atoms with Crippen LogP contribution in [0, 0.1) is 11.3 Å². The maximum Gasteiger partial charge on any atom is 0.261 e. The Labute approximate surface area is 134 Å². The monoisotopic (exact) mass is 332 g/mol. The normalized spacial score (nSPS) is 13.5. The Bertz CT molecular complexity index is 886. The van der Waals surface area contributed by atoms with Crippen LogP contribution in [-0.2, 0) is 22.9 Å². The van der Waals surface area contributed by atoms with Gasteiger partial charge in [-0.25, -0.2) is 8.42 Å². The molecule has 22 heavy (non-hydrogen) atoms. The first-order chi connectivity index (χ1) is 10.5. The van der Waals surface area contributed by atoms with Crippen molar-refractivity contribution < 1.29 is 8.42 Å². The van der Waals surface area contributed by atoms with Gasteiger partial charge in [0, 0.05) is 5.02 Å². The lowest BCUT2D eigenvalue weighted by molar-refractivity contribution is 0.601. The number of rotatable bonds is 3. The van der Waals surface area contributed by atoms with Gasteiger partial charge in [0.05, 0.1) is 16.1 Å². The summed E-state index contributed by atoms with van der Waals surface area (Å²) >= 11 is 5.88. The quantitative estimate of drug-likeness (QED) is 0.935. The lowest BCUT2D eigenvalue weighted by atomic mass is 10.1. The highest BCUT2D eigenvalue weighted by molar-refractivity contribution is 7.92. The van der Waals surface area contributed by atoms with Crippen molar-refractivity contribution >= 4 is 27.3 Å². The number of aryl methyl sites for hydroxylation is 2. The molecule has 0 bridgehead atoms. The summed E-state index contributed by atoms with van der Waals surface area (Å²) in [5.74, 6) is 0. The van der Waals surface area contributed by atoms with E-state index in [1.165, 1.54) is 17.7 Å². The summed E-state index contributed by atoms with van der Waals surface area (Å²) in [4.78, 5) is 0.206. The van der Waals surface area contributed by atoms with Gasteiger partial charge in [0.2, 0.25) is 0 Å². The fourth-order valence-electron chi connectivity index (χ4n) is 2.62. The molecule has 0 fully saturated rings. The van der Waals surface area contributed by atoms with E-state index in [2.05, 4.69) is 4.72 Å². The number of nitrogens with zero attached hydrogens (tertiary/aromatic N) is 1. The van der Waals surface area contributed by atoms with Crippen LogP contribution in [0.15, 0.2) is 41.3 Å². The van der Waals surface area contributed by atoms with Gasteiger partial charge >= 0.3 is 0 Å². The topological polar surface area (TPSA) is 70.0 Å². The third-order valence-electron chi connectivity index (χ3n) is 3.73. The Morgan fingerprint density at radius 2 is 1.86 bits per heavy atom. The van der Waals surface area contributed by atoms with Crippen molar-refractivity contribution in [2.75, 3.05) is 4.72 Å². The van der Waals surface area contributed by atoms with E-state index in [1.54, 1.807) is 18.2 Å². The SMILES string of the molecule is N#Cc1ccc(Cl)cc1NS(=O)(=O)c1ccc2c(c1)CCC2. The number of nitriles is 1. The Hall–Kier alpha value is -2.03. The maximum atomic E-state index is 12.5. The summed E-state index contributed by atoms with van der Waals surface area (Å²) in [6.07, 6.45) is 2.95. The third kappa shape index (κ3) is 2.80. The smallest absolute Gasteiger partial charge is 0.261 e. The molecular formula is C16H13ClN2O2S. The molecule has 0 aromatic heterocycles. The van der Waals surface area contributed by atoms with E-state index in [4.69, 9.17) is 16.9 Å². The molecule has 112 valence electrons. The fraction of sp³-hybridized carbons (Fsp3) is 0.188. The number of hydrogen-bond acceptors (Lipinski definition) is 3. The van der Waals surface area contributed by atoms with E-state index in [9.17, 15) is 8.42 Å². The largest absolute Gasteiger partial charge is 0.278 e. The van der Waals surface area contributed by atoms with Crippen molar-refractivity contribution in [1.29, 1.82) is 5.26 Å². The van der Waals surface area contributed by atoms with Crippen molar-refractivity contribution in [2.45, 2.75) is 24.2 Å². The number of sulfonamides is 1. The molecule has 0 radical (unpaired) electrons. The van der Waals surface area contributed by atoms with Crippen LogP contribution in [0.4, 0.5) is 5.69 Å². The number of benzene rings is 2. The molecule has 1 aliphatic rings. The number of halogens is 1. The van der Waals surface area contributed by atoms with Crippen LogP contribution in [0.5, 0.6) is 0 Å². The molecule has 0 saturated carbocycles. The highest BCUT2D eigenvalue weighted by atomic mass is 35.5. The van der Waals surface area contributed by atoms with Crippen molar-refractivity contribution in [2.24, 2.45) is 0 Å². The van der Waals surface area contributed by atoms with E-state index in [1.807, 2.05) is 12.1 Å². The number of nitrogens with one attached hydrogen (secondary N) is 1. The zero-order valence-corrected chi connectivity index (χ0v) is 13.2. The molecule has 0 aliphatic heterocycles. The molecule has 0 saturated heterocycles. The van der Waals surface area contributed by atoms with E-state index in [-0.39, 0.29) is 16.1 Å². The molecule has 0 amide bonds. The second kappa shape index (κ2) is 5.64. The zero-order chi connectivity index (χ0) is 15.7. The Morgan fingerprint density at radius 3 is 2.64 bits per heavy atom. The Morgan fingerprint density at radius 1 is 1.09 bits per heavy atom. The summed E-state index contributed by atoms with van der Waals surface area (Å²) in [6, 6.07) is 11.6. The molecule has 0 unspecified atom stereocenters. The van der Waals surface area contributed by atoms with E-state index in [0.717, 1.165) is 24.8 Å². The second-order valence-corrected chi connectivity index (χ2v) is 7.31. The van der Waals surface area contributed by atoms with Crippen molar-refractivity contribution in [3.63, 3.8) is 0 Å². The average molecular weight is 333 g/mol. The van der Waals surface area contributed by atoms with Crippen molar-refractivity contribution in [3.05, 3.63) is 58.1 Å². The van der Waals surface area contributed by atoms with Gasteiger partial charge < -0.3 is 0 Å². The number of anilines is 1. The van der Waals surface area contributed by atoms with E-state index >= 15 is 0 Å². The van der Waals surface area contributed by atoms with Gasteiger partial charge in [-0.2, -0.15) is 5.26 Å². The van der Waals surface area contributed by atoms with Crippen LogP contribution in [0.25, 0.3) is 0 Å². The van der Waals surface area contributed by atoms with Crippen LogP contribution in [0.3, 0.4) is 0 Å². The summed E-state index contributed by atoms with van der Waals surface area (Å²) in [5, 5.41) is 9.44. The maximum absolute atomic E-state index is 12.5. The lowest BCUT2D eigenvalue weighted by Crippen LogP contribution is -2.14. The van der Waals surface area contributed by atoms with Gasteiger partial charge in [-0.1, -0.05) is 17.7 Å². The third-order valence-corrected chi connectivity index (χ3v) is 5.32. The molecule has 0 heterocycles. The minimum absolute atomic E-state index is 0.190. The van der Waals surface area contributed by atoms with Gasteiger partial charge in [-0.15, -0.1) is 0 Å². The Kier molecular flexibility index (Phi) is 3.81. The van der Waals surface area contributed by atoms with Gasteiger partial charge in [0.15, 0.2) is 0 Å². The highest BCUT2D eigenvalue weighted by Gasteiger charge is 2.19. The lowest BCUT2D eigenvalue weighted by Gasteiger charge is -2.11. The van der Waals surface area contributed by atoms with Crippen molar-refractivity contribution in [1.82, 2.24) is 0 Å². The summed E-state index contributed by atoms with van der Waals surface area (Å²) < 4.78 is 27.5. The molecular weight excluding hydrogens is 320 g/mol. The van der Waals surface area contributed by atoms with Crippen LogP contribution in [0.2, 0.25) is 5.02 Å². The first-order valence-corrected chi connectivity index (χ1v) is 8.70. The second-order valence-electron chi connectivity index (χ2n) is 5.19. The van der Waals surface area contributed by atoms with E-state index in [0.29, 0.717) is 5.02 Å². The molecule has 3 rings (SSSR count). The van der Waals surface area contributed by atoms with Crippen LogP contribution in [0.1, 0.15) is 23.1 Å². The van der Waals surface area contributed by atoms with Crippen LogP contribution >= 0.6 is 11.6 Å². The molecule has 2 aromatic carbocycles. The number of hydrogen-bond donors (Lipinski definition) is 1. The molecule has 1 N–H and O–H groups in total. The minimum atomic E-state index is -3.74. The number of fused-ring (bicyclic) bond motifs is 1. The Balaban J connectivity index is 1.98. The standard InChI is InChI=1S/C16H13ClN2O2S/c17-14-6-4-13(10-18)16(9-14)19-22(20,21)15-7-5-11-2-1-3-12(11)8-15/h4-9,19H,1-3H2. The summed E-state index contributed by atoms with van der Waals surface area (Å²) in [7, 11) is -3.74. The molecule has 2 aromatic rings. The van der Waals surface area contributed by atoms with Gasteiger partial charge in [0.1, 0.15) is 6.07 Å². The molecule has 6 heteroatoms. The first kappa shape index (κ1) is 14.9. The average Bonchev–Trinajstić information content (AvgIpc) is 2.94. The van der Waals surface area contributed by atoms with Crippen molar-refractivity contribution in [3.8, 4) is 6.07 Å². The fourth-order valence-corrected chi connectivity index (χ4v) is 3.91. The summed E-state index contributed by atoms with van der Waals surface area (Å²) in [5.41, 5.74) is 2.71. The predicted molar refractivity (Wildman–Crippen MR) is 85.4 cm³/mol. The van der Waals surface area contributed by atoms with Crippen LogP contribution < -0.4 is 4.72 Å².